The van der Waals surface area contributed by atoms with Crippen LogP contribution < -0.4 is 0 Å². The lowest BCUT2D eigenvalue weighted by atomic mass is 10.1. The molecule has 18 heavy (non-hydrogen) atoms. The zero-order valence-corrected chi connectivity index (χ0v) is 10.5. The van der Waals surface area contributed by atoms with Crippen molar-refractivity contribution in [1.82, 2.24) is 14.8 Å². The van der Waals surface area contributed by atoms with Crippen molar-refractivity contribution >= 4 is 0 Å². The van der Waals surface area contributed by atoms with Gasteiger partial charge in [0.1, 0.15) is 11.6 Å². The van der Waals surface area contributed by atoms with Gasteiger partial charge in [-0.3, -0.25) is 0 Å². The van der Waals surface area contributed by atoms with Crippen LogP contribution in [0.4, 0.5) is 0 Å². The Morgan fingerprint density at radius 3 is 2.61 bits per heavy atom. The Morgan fingerprint density at radius 1 is 1.39 bits per heavy atom. The fraction of sp³-hybridized carbons (Fsp3) is 0.308. The van der Waals surface area contributed by atoms with Crippen molar-refractivity contribution in [2.45, 2.75) is 26.9 Å². The molecule has 0 amide bonds. The third-order valence-corrected chi connectivity index (χ3v) is 2.71. The van der Waals surface area contributed by atoms with Gasteiger partial charge >= 0.3 is 0 Å². The Balaban J connectivity index is 2.68. The van der Waals surface area contributed by atoms with E-state index in [4.69, 9.17) is 5.26 Å². The van der Waals surface area contributed by atoms with Crippen molar-refractivity contribution in [3.05, 3.63) is 41.0 Å². The second kappa shape index (κ2) is 4.59. The summed E-state index contributed by atoms with van der Waals surface area (Å²) in [5, 5.41) is 23.0. The van der Waals surface area contributed by atoms with E-state index in [0.717, 1.165) is 11.4 Å². The number of rotatable bonds is 2. The monoisotopic (exact) mass is 242 g/mol. The fourth-order valence-electron chi connectivity index (χ4n) is 1.90. The molecule has 0 aliphatic heterocycles. The van der Waals surface area contributed by atoms with Gasteiger partial charge in [-0.25, -0.2) is 9.67 Å². The Kier molecular flexibility index (Phi) is 3.13. The normalized spacial score (nSPS) is 12.2. The summed E-state index contributed by atoms with van der Waals surface area (Å²) in [5.41, 5.74) is 1.95. The minimum atomic E-state index is -0.628. The first kappa shape index (κ1) is 12.3. The minimum Gasteiger partial charge on any atom is -0.389 e. The first-order valence-electron chi connectivity index (χ1n) is 5.65. The number of benzene rings is 1. The minimum absolute atomic E-state index is 0.530. The van der Waals surface area contributed by atoms with Gasteiger partial charge in [0.2, 0.25) is 0 Å². The van der Waals surface area contributed by atoms with Crippen LogP contribution in [0.2, 0.25) is 0 Å². The van der Waals surface area contributed by atoms with E-state index in [1.54, 1.807) is 36.7 Å². The van der Waals surface area contributed by atoms with Gasteiger partial charge in [-0.05, 0) is 32.9 Å². The van der Waals surface area contributed by atoms with Gasteiger partial charge in [0.25, 0.3) is 0 Å². The summed E-state index contributed by atoms with van der Waals surface area (Å²) >= 11 is 0. The summed E-state index contributed by atoms with van der Waals surface area (Å²) in [6.07, 6.45) is -0.628. The van der Waals surface area contributed by atoms with Gasteiger partial charge in [0.15, 0.2) is 0 Å². The Bertz CT molecular complexity index is 622. The molecule has 0 aliphatic rings. The molecule has 1 atom stereocenters. The lowest BCUT2D eigenvalue weighted by molar-refractivity contribution is 0.199. The zero-order valence-electron chi connectivity index (χ0n) is 10.5. The molecule has 0 spiro atoms. The molecule has 0 radical (unpaired) electrons. The molecule has 2 rings (SSSR count). The third-order valence-electron chi connectivity index (χ3n) is 2.71. The summed E-state index contributed by atoms with van der Waals surface area (Å²) < 4.78 is 1.65. The van der Waals surface area contributed by atoms with Crippen LogP contribution in [0.1, 0.15) is 35.8 Å². The van der Waals surface area contributed by atoms with Crippen LogP contribution in [0, 0.1) is 25.2 Å². The lowest BCUT2D eigenvalue weighted by Crippen LogP contribution is -2.06. The summed E-state index contributed by atoms with van der Waals surface area (Å²) in [5.74, 6) is 1.39. The summed E-state index contributed by atoms with van der Waals surface area (Å²) in [6, 6.07) is 7.23. The van der Waals surface area contributed by atoms with Gasteiger partial charge in [0.05, 0.1) is 23.4 Å². The molecule has 1 aromatic heterocycles. The molecule has 5 nitrogen and oxygen atoms in total. The van der Waals surface area contributed by atoms with E-state index in [1.165, 1.54) is 0 Å². The highest BCUT2D eigenvalue weighted by Crippen LogP contribution is 2.23. The molecular weight excluding hydrogens is 228 g/mol. The van der Waals surface area contributed by atoms with Crippen molar-refractivity contribution in [2.24, 2.45) is 0 Å². The highest BCUT2D eigenvalue weighted by atomic mass is 16.3. The molecule has 1 N–H and O–H groups in total. The molecule has 0 bridgehead atoms. The SMILES string of the molecule is Cc1nc(C)n(-c2cc(C#N)ccc2[C@H](C)O)n1. The zero-order chi connectivity index (χ0) is 13.3. The van der Waals surface area contributed by atoms with Crippen LogP contribution in [-0.2, 0) is 0 Å². The molecule has 92 valence electrons. The van der Waals surface area contributed by atoms with Crippen LogP contribution in [0.5, 0.6) is 0 Å². The van der Waals surface area contributed by atoms with Crippen molar-refractivity contribution in [2.75, 3.05) is 0 Å². The molecule has 0 aliphatic carbocycles. The quantitative estimate of drug-likeness (QED) is 0.871. The number of nitriles is 1. The molecule has 0 unspecified atom stereocenters. The highest BCUT2D eigenvalue weighted by molar-refractivity contribution is 5.48. The largest absolute Gasteiger partial charge is 0.389 e. The molecule has 0 fully saturated rings. The Hall–Kier alpha value is -2.19. The van der Waals surface area contributed by atoms with E-state index in [2.05, 4.69) is 16.2 Å². The van der Waals surface area contributed by atoms with Crippen LogP contribution in [0.3, 0.4) is 0 Å². The van der Waals surface area contributed by atoms with Crippen LogP contribution in [0.15, 0.2) is 18.2 Å². The maximum atomic E-state index is 9.78. The predicted molar refractivity (Wildman–Crippen MR) is 66.2 cm³/mol. The van der Waals surface area contributed by atoms with Crippen molar-refractivity contribution in [3.63, 3.8) is 0 Å². The van der Waals surface area contributed by atoms with Gasteiger partial charge in [-0.1, -0.05) is 6.07 Å². The lowest BCUT2D eigenvalue weighted by Gasteiger charge is -2.13. The average Bonchev–Trinajstić information content (AvgIpc) is 2.67. The van der Waals surface area contributed by atoms with Gasteiger partial charge in [-0.2, -0.15) is 10.4 Å². The average molecular weight is 242 g/mol. The first-order valence-corrected chi connectivity index (χ1v) is 5.65. The van der Waals surface area contributed by atoms with Gasteiger partial charge < -0.3 is 5.11 Å². The summed E-state index contributed by atoms with van der Waals surface area (Å²) in [7, 11) is 0. The standard InChI is InChI=1S/C13H14N4O/c1-8(18)12-5-4-11(7-14)6-13(12)17-10(3)15-9(2)16-17/h4-6,8,18H,1-3H3/t8-/m0/s1. The van der Waals surface area contributed by atoms with Crippen molar-refractivity contribution in [1.29, 1.82) is 5.26 Å². The van der Waals surface area contributed by atoms with Crippen LogP contribution in [-0.4, -0.2) is 19.9 Å². The molecule has 0 saturated carbocycles. The Morgan fingerprint density at radius 2 is 2.11 bits per heavy atom. The number of nitrogens with zero attached hydrogens (tertiary/aromatic N) is 4. The number of hydrogen-bond acceptors (Lipinski definition) is 4. The van der Waals surface area contributed by atoms with E-state index in [0.29, 0.717) is 17.1 Å². The van der Waals surface area contributed by atoms with Gasteiger partial charge in [0, 0.05) is 5.56 Å². The molecule has 1 aromatic carbocycles. The van der Waals surface area contributed by atoms with Crippen LogP contribution in [0.25, 0.3) is 5.69 Å². The smallest absolute Gasteiger partial charge is 0.148 e. The Labute approximate surface area is 105 Å². The fourth-order valence-corrected chi connectivity index (χ4v) is 1.90. The molecule has 0 saturated heterocycles. The van der Waals surface area contributed by atoms with Crippen molar-refractivity contribution < 1.29 is 5.11 Å². The van der Waals surface area contributed by atoms with E-state index >= 15 is 0 Å². The van der Waals surface area contributed by atoms with E-state index in [-0.39, 0.29) is 0 Å². The highest BCUT2D eigenvalue weighted by Gasteiger charge is 2.14. The second-order valence-corrected chi connectivity index (χ2v) is 4.18. The van der Waals surface area contributed by atoms with E-state index in [9.17, 15) is 5.11 Å². The number of aliphatic hydroxyl groups is 1. The van der Waals surface area contributed by atoms with Crippen LogP contribution >= 0.6 is 0 Å². The van der Waals surface area contributed by atoms with E-state index in [1.807, 2.05) is 6.92 Å². The maximum Gasteiger partial charge on any atom is 0.148 e. The maximum absolute atomic E-state index is 9.78. The number of aliphatic hydroxyl groups excluding tert-OH is 1. The predicted octanol–water partition coefficient (Wildman–Crippen LogP) is 1.81. The third kappa shape index (κ3) is 2.11. The molecule has 5 heteroatoms. The van der Waals surface area contributed by atoms with Crippen molar-refractivity contribution in [3.8, 4) is 11.8 Å². The number of aryl methyl sites for hydroxylation is 2. The molecule has 2 aromatic rings. The number of hydrogen-bond donors (Lipinski definition) is 1. The first-order chi connectivity index (χ1) is 8.52. The second-order valence-electron chi connectivity index (χ2n) is 4.18. The summed E-state index contributed by atoms with van der Waals surface area (Å²) in [4.78, 5) is 4.23. The number of aromatic nitrogens is 3. The topological polar surface area (TPSA) is 74.7 Å². The molecule has 1 heterocycles. The molecular formula is C13H14N4O. The van der Waals surface area contributed by atoms with Gasteiger partial charge in [-0.15, -0.1) is 0 Å². The van der Waals surface area contributed by atoms with E-state index < -0.39 is 6.10 Å². The summed E-state index contributed by atoms with van der Waals surface area (Å²) in [6.45, 7) is 5.33.